The maximum Gasteiger partial charge on any atom is 0.491 e. The molecule has 1 amide bonds. The van der Waals surface area contributed by atoms with E-state index in [1.54, 1.807) is 0 Å². The van der Waals surface area contributed by atoms with Crippen LogP contribution in [0.15, 0.2) is 17.4 Å². The SMILES string of the molecule is O=C(OC1C=NN(C(=O)C(F)(F)F)c2ccnn21)C(F)(F)F. The van der Waals surface area contributed by atoms with Gasteiger partial charge >= 0.3 is 24.2 Å². The predicted octanol–water partition coefficient (Wildman–Crippen LogP) is 1.38. The van der Waals surface area contributed by atoms with Crippen LogP contribution in [0.2, 0.25) is 0 Å². The van der Waals surface area contributed by atoms with Crippen LogP contribution in [0.4, 0.5) is 32.2 Å². The van der Waals surface area contributed by atoms with Gasteiger partial charge in [-0.2, -0.15) is 41.6 Å². The number of hydrogen-bond donors (Lipinski definition) is 0. The van der Waals surface area contributed by atoms with Crippen LogP contribution in [0, 0.1) is 0 Å². The van der Waals surface area contributed by atoms with Gasteiger partial charge in [0.15, 0.2) is 5.82 Å². The Bertz CT molecular complexity index is 634. The molecule has 0 spiro atoms. The van der Waals surface area contributed by atoms with Gasteiger partial charge < -0.3 is 4.74 Å². The van der Waals surface area contributed by atoms with Crippen LogP contribution in [0.5, 0.6) is 0 Å². The highest BCUT2D eigenvalue weighted by molar-refractivity contribution is 5.98. The molecular weight excluding hydrogens is 326 g/mol. The molecular formula is C9H4F6N4O3. The molecule has 0 radical (unpaired) electrons. The summed E-state index contributed by atoms with van der Waals surface area (Å²) in [5.74, 6) is -5.57. The van der Waals surface area contributed by atoms with Crippen molar-refractivity contribution in [1.82, 2.24) is 9.78 Å². The van der Waals surface area contributed by atoms with Gasteiger partial charge in [0.25, 0.3) is 0 Å². The highest BCUT2D eigenvalue weighted by Crippen LogP contribution is 2.29. The zero-order valence-electron chi connectivity index (χ0n) is 10.1. The average Bonchev–Trinajstić information content (AvgIpc) is 2.85. The summed E-state index contributed by atoms with van der Waals surface area (Å²) in [6.07, 6.45) is -11.1. The van der Waals surface area contributed by atoms with E-state index >= 15 is 0 Å². The van der Waals surface area contributed by atoms with Crippen molar-refractivity contribution in [3.05, 3.63) is 12.3 Å². The van der Waals surface area contributed by atoms with Gasteiger partial charge in [-0.3, -0.25) is 4.79 Å². The van der Waals surface area contributed by atoms with Crippen molar-refractivity contribution in [3.63, 3.8) is 0 Å². The normalized spacial score (nSPS) is 18.1. The summed E-state index contributed by atoms with van der Waals surface area (Å²) in [6.45, 7) is 0. The summed E-state index contributed by atoms with van der Waals surface area (Å²) in [6, 6.07) is 0.883. The van der Waals surface area contributed by atoms with Gasteiger partial charge in [0, 0.05) is 6.07 Å². The minimum absolute atomic E-state index is 0.120. The van der Waals surface area contributed by atoms with E-state index in [0.717, 1.165) is 12.3 Å². The molecule has 1 atom stereocenters. The highest BCUT2D eigenvalue weighted by Gasteiger charge is 2.47. The number of amides is 1. The van der Waals surface area contributed by atoms with Crippen LogP contribution in [0.1, 0.15) is 6.23 Å². The Labute approximate surface area is 116 Å². The number of halogens is 6. The Morgan fingerprint density at radius 1 is 1.14 bits per heavy atom. The quantitative estimate of drug-likeness (QED) is 0.576. The van der Waals surface area contributed by atoms with E-state index < -0.39 is 36.3 Å². The van der Waals surface area contributed by atoms with Gasteiger partial charge in [0.05, 0.1) is 12.4 Å². The van der Waals surface area contributed by atoms with Gasteiger partial charge in [0.1, 0.15) is 0 Å². The summed E-state index contributed by atoms with van der Waals surface area (Å²) in [5.41, 5.74) is 0. The maximum absolute atomic E-state index is 12.4. The number of hydrazone groups is 1. The summed E-state index contributed by atoms with van der Waals surface area (Å²) in [4.78, 5) is 21.9. The fourth-order valence-corrected chi connectivity index (χ4v) is 1.45. The number of rotatable bonds is 1. The van der Waals surface area contributed by atoms with Crippen molar-refractivity contribution in [2.45, 2.75) is 18.6 Å². The third-order valence-electron chi connectivity index (χ3n) is 2.31. The van der Waals surface area contributed by atoms with E-state index in [-0.39, 0.29) is 5.01 Å². The Kier molecular flexibility index (Phi) is 3.58. The number of esters is 1. The number of hydrogen-bond acceptors (Lipinski definition) is 5. The van der Waals surface area contributed by atoms with Crippen molar-refractivity contribution in [1.29, 1.82) is 0 Å². The Balaban J connectivity index is 2.28. The number of anilines is 1. The molecule has 2 heterocycles. The molecule has 0 saturated heterocycles. The number of ether oxygens (including phenoxy) is 1. The molecule has 0 bridgehead atoms. The van der Waals surface area contributed by atoms with Crippen LogP contribution >= 0.6 is 0 Å². The lowest BCUT2D eigenvalue weighted by atomic mass is 10.4. The van der Waals surface area contributed by atoms with E-state index in [4.69, 9.17) is 0 Å². The number of alkyl halides is 6. The second kappa shape index (κ2) is 4.99. The summed E-state index contributed by atoms with van der Waals surface area (Å²) in [7, 11) is 0. The van der Waals surface area contributed by atoms with E-state index in [1.807, 2.05) is 0 Å². The van der Waals surface area contributed by atoms with Crippen LogP contribution in [-0.2, 0) is 14.3 Å². The summed E-state index contributed by atoms with van der Waals surface area (Å²) < 4.78 is 77.9. The lowest BCUT2D eigenvalue weighted by Gasteiger charge is -2.26. The molecule has 0 N–H and O–H groups in total. The standard InChI is InChI=1S/C9H4F6N4O3/c10-8(11,12)6(20)19-4-1-2-16-18(4)5(3-17-19)22-7(21)9(13,14)15/h1-3,5H. The molecule has 1 aromatic rings. The van der Waals surface area contributed by atoms with Crippen molar-refractivity contribution in [2.24, 2.45) is 5.10 Å². The molecule has 0 fully saturated rings. The zero-order valence-corrected chi connectivity index (χ0v) is 10.1. The minimum atomic E-state index is -5.31. The van der Waals surface area contributed by atoms with Crippen molar-refractivity contribution in [2.75, 3.05) is 5.01 Å². The maximum atomic E-state index is 12.4. The first-order chi connectivity index (χ1) is 10.0. The number of aromatic nitrogens is 2. The van der Waals surface area contributed by atoms with Gasteiger partial charge in [-0.25, -0.2) is 9.48 Å². The molecule has 1 aromatic heterocycles. The first-order valence-corrected chi connectivity index (χ1v) is 5.28. The Morgan fingerprint density at radius 2 is 1.77 bits per heavy atom. The lowest BCUT2D eigenvalue weighted by Crippen LogP contribution is -2.42. The molecule has 0 aliphatic carbocycles. The molecule has 1 aliphatic rings. The van der Waals surface area contributed by atoms with Crippen molar-refractivity contribution in [3.8, 4) is 0 Å². The number of carbonyl (C=O) groups excluding carboxylic acids is 2. The van der Waals surface area contributed by atoms with Gasteiger partial charge in [-0.05, 0) is 0 Å². The summed E-state index contributed by atoms with van der Waals surface area (Å²) >= 11 is 0. The van der Waals surface area contributed by atoms with E-state index in [9.17, 15) is 35.9 Å². The second-order valence-corrected chi connectivity index (χ2v) is 3.81. The summed E-state index contributed by atoms with van der Waals surface area (Å²) in [5, 5.41) is 6.35. The van der Waals surface area contributed by atoms with Crippen molar-refractivity contribution < 1.29 is 40.7 Å². The van der Waals surface area contributed by atoms with Gasteiger partial charge in [0.2, 0.25) is 6.23 Å². The van der Waals surface area contributed by atoms with Crippen LogP contribution in [0.3, 0.4) is 0 Å². The highest BCUT2D eigenvalue weighted by atomic mass is 19.4. The molecule has 13 heteroatoms. The third kappa shape index (κ3) is 2.87. The van der Waals surface area contributed by atoms with Crippen LogP contribution < -0.4 is 5.01 Å². The van der Waals surface area contributed by atoms with Crippen LogP contribution in [0.25, 0.3) is 0 Å². The second-order valence-electron chi connectivity index (χ2n) is 3.81. The lowest BCUT2D eigenvalue weighted by molar-refractivity contribution is -0.205. The molecule has 7 nitrogen and oxygen atoms in total. The van der Waals surface area contributed by atoms with Crippen molar-refractivity contribution >= 4 is 23.9 Å². The molecule has 120 valence electrons. The molecule has 22 heavy (non-hydrogen) atoms. The zero-order chi connectivity index (χ0) is 16.7. The molecule has 0 aromatic carbocycles. The third-order valence-corrected chi connectivity index (χ3v) is 2.31. The largest absolute Gasteiger partial charge is 0.491 e. The fourth-order valence-electron chi connectivity index (χ4n) is 1.45. The minimum Gasteiger partial charge on any atom is -0.427 e. The number of fused-ring (bicyclic) bond motifs is 1. The number of nitrogens with zero attached hydrogens (tertiary/aromatic N) is 4. The Hall–Kier alpha value is -2.60. The number of carbonyl (C=O) groups is 2. The molecule has 1 aliphatic heterocycles. The topological polar surface area (TPSA) is 76.8 Å². The molecule has 1 unspecified atom stereocenters. The predicted molar refractivity (Wildman–Crippen MR) is 55.4 cm³/mol. The Morgan fingerprint density at radius 3 is 2.32 bits per heavy atom. The smallest absolute Gasteiger partial charge is 0.427 e. The van der Waals surface area contributed by atoms with E-state index in [1.165, 1.54) is 0 Å². The van der Waals surface area contributed by atoms with Gasteiger partial charge in [-0.1, -0.05) is 0 Å². The van der Waals surface area contributed by atoms with Gasteiger partial charge in [-0.15, -0.1) is 0 Å². The first-order valence-electron chi connectivity index (χ1n) is 5.28. The molecule has 2 rings (SSSR count). The first kappa shape index (κ1) is 15.8. The molecule has 0 saturated carbocycles. The van der Waals surface area contributed by atoms with E-state index in [0.29, 0.717) is 10.9 Å². The van der Waals surface area contributed by atoms with E-state index in [2.05, 4.69) is 14.9 Å². The van der Waals surface area contributed by atoms with Crippen LogP contribution in [-0.4, -0.2) is 40.2 Å². The average molecular weight is 330 g/mol. The fraction of sp³-hybridized carbons (Fsp3) is 0.333. The monoisotopic (exact) mass is 330 g/mol.